The van der Waals surface area contributed by atoms with Crippen molar-refractivity contribution < 1.29 is 27.1 Å². The standard InChI is InChI=1S/C13H21F4N3O2.2ClH/c1-9-10(18-2-7-22-9)11(21)20-5-3-19(4-6-20)8-13(16,17)12(14)15;;/h9-10,12,18H,2-8H2,1H3;2*1H/t9-,10+;;/m1../s1. The van der Waals surface area contributed by atoms with Gasteiger partial charge >= 0.3 is 12.3 Å². The minimum atomic E-state index is -4.01. The Morgan fingerprint density at radius 1 is 1.25 bits per heavy atom. The quantitative estimate of drug-likeness (QED) is 0.722. The maximum Gasteiger partial charge on any atom is 0.319 e. The summed E-state index contributed by atoms with van der Waals surface area (Å²) in [4.78, 5) is 15.2. The molecule has 0 aromatic heterocycles. The van der Waals surface area contributed by atoms with Crippen molar-refractivity contribution >= 4 is 30.7 Å². The molecule has 0 aliphatic carbocycles. The van der Waals surface area contributed by atoms with Gasteiger partial charge in [-0.25, -0.2) is 8.78 Å². The van der Waals surface area contributed by atoms with Gasteiger partial charge in [-0.15, -0.1) is 24.8 Å². The van der Waals surface area contributed by atoms with Crippen LogP contribution in [-0.2, 0) is 9.53 Å². The summed E-state index contributed by atoms with van der Waals surface area (Å²) >= 11 is 0. The van der Waals surface area contributed by atoms with Crippen LogP contribution in [0.15, 0.2) is 0 Å². The number of carbonyl (C=O) groups excluding carboxylic acids is 1. The molecule has 24 heavy (non-hydrogen) atoms. The van der Waals surface area contributed by atoms with Gasteiger partial charge in [-0.05, 0) is 6.92 Å². The van der Waals surface area contributed by atoms with Crippen molar-refractivity contribution in [2.45, 2.75) is 31.4 Å². The van der Waals surface area contributed by atoms with E-state index in [1.54, 1.807) is 11.8 Å². The number of rotatable bonds is 4. The molecule has 1 amide bonds. The van der Waals surface area contributed by atoms with Crippen LogP contribution in [0.5, 0.6) is 0 Å². The molecule has 5 nitrogen and oxygen atoms in total. The van der Waals surface area contributed by atoms with Gasteiger partial charge in [-0.2, -0.15) is 8.78 Å². The summed E-state index contributed by atoms with van der Waals surface area (Å²) < 4.78 is 55.9. The van der Waals surface area contributed by atoms with Crippen molar-refractivity contribution in [2.75, 3.05) is 45.9 Å². The highest BCUT2D eigenvalue weighted by Crippen LogP contribution is 2.24. The molecule has 2 aliphatic heterocycles. The Hall–Kier alpha value is -0.350. The molecule has 0 bridgehead atoms. The number of morpholine rings is 1. The molecule has 1 N–H and O–H groups in total. The molecule has 0 aromatic rings. The molecule has 0 radical (unpaired) electrons. The van der Waals surface area contributed by atoms with Crippen LogP contribution < -0.4 is 5.32 Å². The molecular formula is C13H23Cl2F4N3O2. The van der Waals surface area contributed by atoms with Crippen molar-refractivity contribution in [3.8, 4) is 0 Å². The van der Waals surface area contributed by atoms with E-state index in [1.165, 1.54) is 4.90 Å². The molecule has 2 atom stereocenters. The highest BCUT2D eigenvalue weighted by molar-refractivity contribution is 5.85. The highest BCUT2D eigenvalue weighted by atomic mass is 35.5. The molecule has 2 rings (SSSR count). The van der Waals surface area contributed by atoms with Gasteiger partial charge in [-0.3, -0.25) is 9.69 Å². The van der Waals surface area contributed by atoms with Crippen molar-refractivity contribution in [1.82, 2.24) is 15.1 Å². The number of hydrogen-bond donors (Lipinski definition) is 1. The second-order valence-electron chi connectivity index (χ2n) is 5.67. The van der Waals surface area contributed by atoms with Crippen LogP contribution in [0.4, 0.5) is 17.6 Å². The summed E-state index contributed by atoms with van der Waals surface area (Å²) in [5, 5.41) is 3.08. The van der Waals surface area contributed by atoms with Crippen LogP contribution in [0, 0.1) is 0 Å². The van der Waals surface area contributed by atoms with Gasteiger partial charge in [0.2, 0.25) is 5.91 Å². The van der Waals surface area contributed by atoms with Crippen LogP contribution in [0.25, 0.3) is 0 Å². The van der Waals surface area contributed by atoms with Gasteiger partial charge in [0.25, 0.3) is 0 Å². The summed E-state index contributed by atoms with van der Waals surface area (Å²) in [7, 11) is 0. The van der Waals surface area contributed by atoms with Gasteiger partial charge in [0, 0.05) is 32.7 Å². The molecule has 144 valence electrons. The summed E-state index contributed by atoms with van der Waals surface area (Å²) in [5.74, 6) is -4.15. The summed E-state index contributed by atoms with van der Waals surface area (Å²) in [6, 6.07) is -0.442. The fraction of sp³-hybridized carbons (Fsp3) is 0.923. The highest BCUT2D eigenvalue weighted by Gasteiger charge is 2.43. The Labute approximate surface area is 150 Å². The maximum absolute atomic E-state index is 13.0. The van der Waals surface area contributed by atoms with Crippen LogP contribution in [-0.4, -0.2) is 86.1 Å². The molecule has 0 spiro atoms. The van der Waals surface area contributed by atoms with Crippen molar-refractivity contribution in [3.63, 3.8) is 0 Å². The molecule has 11 heteroatoms. The number of carbonyl (C=O) groups is 1. The van der Waals surface area contributed by atoms with Crippen LogP contribution in [0.2, 0.25) is 0 Å². The lowest BCUT2D eigenvalue weighted by Gasteiger charge is -2.39. The summed E-state index contributed by atoms with van der Waals surface area (Å²) in [6.45, 7) is 2.78. The normalized spacial score (nSPS) is 25.8. The van der Waals surface area contributed by atoms with E-state index in [1.807, 2.05) is 0 Å². The molecule has 2 fully saturated rings. The SMILES string of the molecule is C[C@H]1OCCN[C@@H]1C(=O)N1CCN(CC(F)(F)C(F)F)CC1.Cl.Cl. The van der Waals surface area contributed by atoms with Crippen LogP contribution in [0.1, 0.15) is 6.92 Å². The zero-order valence-electron chi connectivity index (χ0n) is 13.2. The Bertz CT molecular complexity index is 399. The van der Waals surface area contributed by atoms with E-state index in [4.69, 9.17) is 4.74 Å². The topological polar surface area (TPSA) is 44.8 Å². The Kier molecular flexibility index (Phi) is 9.81. The first-order valence-corrected chi connectivity index (χ1v) is 7.33. The van der Waals surface area contributed by atoms with E-state index in [-0.39, 0.29) is 63.0 Å². The van der Waals surface area contributed by atoms with Crippen LogP contribution >= 0.6 is 24.8 Å². The number of nitrogens with one attached hydrogen (secondary N) is 1. The second kappa shape index (κ2) is 9.96. The third kappa shape index (κ3) is 5.87. The number of ether oxygens (including phenoxy) is 1. The Morgan fingerprint density at radius 3 is 2.33 bits per heavy atom. The fourth-order valence-electron chi connectivity index (χ4n) is 2.70. The first-order chi connectivity index (χ1) is 10.3. The van der Waals surface area contributed by atoms with Gasteiger partial charge in [0.15, 0.2) is 0 Å². The molecule has 2 aliphatic rings. The first-order valence-electron chi connectivity index (χ1n) is 7.33. The summed E-state index contributed by atoms with van der Waals surface area (Å²) in [6.07, 6.45) is -3.92. The smallest absolute Gasteiger partial charge is 0.319 e. The maximum atomic E-state index is 13.0. The monoisotopic (exact) mass is 399 g/mol. The lowest BCUT2D eigenvalue weighted by molar-refractivity contribution is -0.151. The number of nitrogens with zero attached hydrogens (tertiary/aromatic N) is 2. The largest absolute Gasteiger partial charge is 0.375 e. The van der Waals surface area contributed by atoms with Gasteiger partial charge in [0.1, 0.15) is 6.04 Å². The third-order valence-electron chi connectivity index (χ3n) is 4.02. The Balaban J connectivity index is 0.00000264. The Morgan fingerprint density at radius 2 is 1.83 bits per heavy atom. The predicted octanol–water partition coefficient (Wildman–Crippen LogP) is 1.25. The van der Waals surface area contributed by atoms with Gasteiger partial charge in [0.05, 0.1) is 19.3 Å². The van der Waals surface area contributed by atoms with Gasteiger partial charge < -0.3 is 15.0 Å². The van der Waals surface area contributed by atoms with Crippen molar-refractivity contribution in [3.05, 3.63) is 0 Å². The molecule has 0 aromatic carbocycles. The van der Waals surface area contributed by atoms with Crippen LogP contribution in [0.3, 0.4) is 0 Å². The zero-order chi connectivity index (χ0) is 16.3. The zero-order valence-corrected chi connectivity index (χ0v) is 14.9. The van der Waals surface area contributed by atoms with E-state index in [0.717, 1.165) is 0 Å². The summed E-state index contributed by atoms with van der Waals surface area (Å²) in [5.41, 5.74) is 0. The minimum absolute atomic E-state index is 0. The fourth-order valence-corrected chi connectivity index (χ4v) is 2.70. The first kappa shape index (κ1) is 23.6. The van der Waals surface area contributed by atoms with E-state index >= 15 is 0 Å². The average Bonchev–Trinajstić information content (AvgIpc) is 2.47. The van der Waals surface area contributed by atoms with Crippen molar-refractivity contribution in [1.29, 1.82) is 0 Å². The third-order valence-corrected chi connectivity index (χ3v) is 4.02. The molecule has 0 saturated carbocycles. The average molecular weight is 400 g/mol. The molecule has 2 saturated heterocycles. The minimum Gasteiger partial charge on any atom is -0.375 e. The number of alkyl halides is 4. The lowest BCUT2D eigenvalue weighted by atomic mass is 10.1. The van der Waals surface area contributed by atoms with Gasteiger partial charge in [-0.1, -0.05) is 0 Å². The van der Waals surface area contributed by atoms with E-state index < -0.39 is 24.9 Å². The van der Waals surface area contributed by atoms with E-state index in [0.29, 0.717) is 13.2 Å². The molecule has 2 heterocycles. The predicted molar refractivity (Wildman–Crippen MR) is 85.7 cm³/mol. The van der Waals surface area contributed by atoms with E-state index in [2.05, 4.69) is 5.32 Å². The number of halogens is 6. The number of piperazine rings is 1. The lowest BCUT2D eigenvalue weighted by Crippen LogP contribution is -2.60. The molecule has 0 unspecified atom stereocenters. The van der Waals surface area contributed by atoms with E-state index in [9.17, 15) is 22.4 Å². The van der Waals surface area contributed by atoms with Crippen molar-refractivity contribution in [2.24, 2.45) is 0 Å². The molecular weight excluding hydrogens is 377 g/mol. The number of hydrogen-bond acceptors (Lipinski definition) is 4. The second-order valence-corrected chi connectivity index (χ2v) is 5.67. The number of amides is 1.